The molecule has 0 aliphatic heterocycles. The predicted molar refractivity (Wildman–Crippen MR) is 92.1 cm³/mol. The van der Waals surface area contributed by atoms with Gasteiger partial charge in [0.2, 0.25) is 0 Å². The van der Waals surface area contributed by atoms with E-state index in [-0.39, 0.29) is 0 Å². The summed E-state index contributed by atoms with van der Waals surface area (Å²) < 4.78 is 1.02. The maximum Gasteiger partial charge on any atom is 0.125 e. The second-order valence-electron chi connectivity index (χ2n) is 6.92. The van der Waals surface area contributed by atoms with Gasteiger partial charge < -0.3 is 5.32 Å². The molecule has 0 radical (unpaired) electrons. The maximum atomic E-state index is 9.71. The molecule has 1 saturated carbocycles. The predicted octanol–water partition coefficient (Wildman–Crippen LogP) is 5.75. The number of nitrogens with one attached hydrogen (secondary N) is 1. The van der Waals surface area contributed by atoms with Gasteiger partial charge in [0, 0.05) is 10.2 Å². The molecule has 21 heavy (non-hydrogen) atoms. The number of hydrogen-bond acceptors (Lipinski definition) is 2. The number of anilines is 1. The van der Waals surface area contributed by atoms with Crippen LogP contribution in [0.25, 0.3) is 0 Å². The van der Waals surface area contributed by atoms with Crippen molar-refractivity contribution in [3.8, 4) is 6.07 Å². The van der Waals surface area contributed by atoms with Crippen LogP contribution in [0.2, 0.25) is 0 Å². The zero-order chi connectivity index (χ0) is 15.5. The molecular formula is C18H25BrN2. The van der Waals surface area contributed by atoms with Crippen molar-refractivity contribution in [1.82, 2.24) is 0 Å². The van der Waals surface area contributed by atoms with Gasteiger partial charge in [-0.3, -0.25) is 0 Å². The molecule has 0 aromatic heterocycles. The first-order valence-electron chi connectivity index (χ1n) is 7.86. The topological polar surface area (TPSA) is 35.8 Å². The Morgan fingerprint density at radius 3 is 2.48 bits per heavy atom. The van der Waals surface area contributed by atoms with Gasteiger partial charge in [-0.15, -0.1) is 0 Å². The highest BCUT2D eigenvalue weighted by Crippen LogP contribution is 2.44. The summed E-state index contributed by atoms with van der Waals surface area (Å²) in [5.41, 5.74) is 0.992. The molecular weight excluding hydrogens is 324 g/mol. The molecule has 114 valence electrons. The average Bonchev–Trinajstić information content (AvgIpc) is 2.50. The minimum Gasteiger partial charge on any atom is -0.366 e. The smallest absolute Gasteiger partial charge is 0.125 e. The minimum absolute atomic E-state index is 0.384. The van der Waals surface area contributed by atoms with Crippen LogP contribution in [-0.4, -0.2) is 5.54 Å². The first kappa shape index (κ1) is 16.4. The van der Waals surface area contributed by atoms with E-state index in [1.54, 1.807) is 0 Å². The fraction of sp³-hybridized carbons (Fsp3) is 0.611. The summed E-state index contributed by atoms with van der Waals surface area (Å²) in [6, 6.07) is 10.6. The van der Waals surface area contributed by atoms with Gasteiger partial charge in [-0.2, -0.15) is 5.26 Å². The van der Waals surface area contributed by atoms with Gasteiger partial charge in [0.1, 0.15) is 5.54 Å². The lowest BCUT2D eigenvalue weighted by molar-refractivity contribution is 0.135. The van der Waals surface area contributed by atoms with Crippen LogP contribution in [0.5, 0.6) is 0 Å². The number of nitrogens with zero attached hydrogens (tertiary/aromatic N) is 1. The van der Waals surface area contributed by atoms with Crippen molar-refractivity contribution in [2.75, 3.05) is 5.32 Å². The van der Waals surface area contributed by atoms with E-state index in [9.17, 15) is 5.26 Å². The lowest BCUT2D eigenvalue weighted by Crippen LogP contribution is -2.43. The molecule has 0 bridgehead atoms. The number of nitriles is 1. The second-order valence-corrected chi connectivity index (χ2v) is 7.77. The highest BCUT2D eigenvalue weighted by atomic mass is 79.9. The zero-order valence-electron chi connectivity index (χ0n) is 13.2. The van der Waals surface area contributed by atoms with Crippen LogP contribution in [0.4, 0.5) is 5.69 Å². The van der Waals surface area contributed by atoms with Crippen molar-refractivity contribution in [2.24, 2.45) is 11.3 Å². The van der Waals surface area contributed by atoms with Crippen LogP contribution in [0, 0.1) is 22.7 Å². The summed E-state index contributed by atoms with van der Waals surface area (Å²) in [6.45, 7) is 6.99. The van der Waals surface area contributed by atoms with Crippen LogP contribution in [-0.2, 0) is 0 Å². The van der Waals surface area contributed by atoms with Gasteiger partial charge in [0.15, 0.2) is 0 Å². The van der Waals surface area contributed by atoms with Crippen LogP contribution in [0.3, 0.4) is 0 Å². The fourth-order valence-electron chi connectivity index (χ4n) is 3.27. The molecule has 0 amide bonds. The lowest BCUT2D eigenvalue weighted by atomic mass is 9.66. The Labute approximate surface area is 137 Å². The Balaban J connectivity index is 2.09. The maximum absolute atomic E-state index is 9.71. The average molecular weight is 349 g/mol. The van der Waals surface area contributed by atoms with Gasteiger partial charge in [-0.25, -0.2) is 0 Å². The van der Waals surface area contributed by atoms with Crippen molar-refractivity contribution >= 4 is 21.6 Å². The van der Waals surface area contributed by atoms with Gasteiger partial charge in [-0.05, 0) is 65.1 Å². The Kier molecular flexibility index (Phi) is 4.99. The molecule has 0 unspecified atom stereocenters. The quantitative estimate of drug-likeness (QED) is 0.751. The Bertz CT molecular complexity index is 522. The van der Waals surface area contributed by atoms with Crippen molar-refractivity contribution in [2.45, 2.75) is 58.4 Å². The van der Waals surface area contributed by atoms with Crippen molar-refractivity contribution < 1.29 is 0 Å². The standard InChI is InChI=1S/C18H25BrN2/c1-4-17(2,3)14-9-11-18(13-20,12-10-14)21-16-8-6-5-7-15(16)19/h5-8,14,21H,4,9-12H2,1-3H3. The van der Waals surface area contributed by atoms with E-state index >= 15 is 0 Å². The third-order valence-electron chi connectivity index (χ3n) is 5.32. The van der Waals surface area contributed by atoms with E-state index in [4.69, 9.17) is 0 Å². The first-order chi connectivity index (χ1) is 9.92. The van der Waals surface area contributed by atoms with E-state index in [2.05, 4.69) is 48.1 Å². The summed E-state index contributed by atoms with van der Waals surface area (Å²) in [4.78, 5) is 0. The fourth-order valence-corrected chi connectivity index (χ4v) is 3.65. The molecule has 0 atom stereocenters. The van der Waals surface area contributed by atoms with Crippen molar-refractivity contribution in [3.05, 3.63) is 28.7 Å². The monoisotopic (exact) mass is 348 g/mol. The summed E-state index contributed by atoms with van der Waals surface area (Å²) in [5.74, 6) is 0.727. The molecule has 1 fully saturated rings. The first-order valence-corrected chi connectivity index (χ1v) is 8.66. The molecule has 2 nitrogen and oxygen atoms in total. The SMILES string of the molecule is CCC(C)(C)C1CCC(C#N)(Nc2ccccc2Br)CC1. The minimum atomic E-state index is -0.413. The normalized spacial score (nSPS) is 26.1. The molecule has 3 heteroatoms. The largest absolute Gasteiger partial charge is 0.366 e. The third kappa shape index (κ3) is 3.61. The summed E-state index contributed by atoms with van der Waals surface area (Å²) in [5, 5.41) is 13.2. The highest BCUT2D eigenvalue weighted by Gasteiger charge is 2.40. The Morgan fingerprint density at radius 2 is 1.95 bits per heavy atom. The molecule has 1 aromatic rings. The molecule has 0 heterocycles. The summed E-state index contributed by atoms with van der Waals surface area (Å²) in [7, 11) is 0. The molecule has 1 N–H and O–H groups in total. The van der Waals surface area contributed by atoms with E-state index in [1.807, 2.05) is 24.3 Å². The highest BCUT2D eigenvalue weighted by molar-refractivity contribution is 9.10. The molecule has 0 saturated heterocycles. The van der Waals surface area contributed by atoms with Gasteiger partial charge in [-0.1, -0.05) is 39.3 Å². The van der Waals surface area contributed by atoms with Crippen LogP contribution in [0.15, 0.2) is 28.7 Å². The number of halogens is 1. The van der Waals surface area contributed by atoms with E-state index in [0.717, 1.165) is 41.8 Å². The van der Waals surface area contributed by atoms with Gasteiger partial charge >= 0.3 is 0 Å². The van der Waals surface area contributed by atoms with Crippen molar-refractivity contribution in [1.29, 1.82) is 5.26 Å². The number of benzene rings is 1. The Hall–Kier alpha value is -1.01. The summed E-state index contributed by atoms with van der Waals surface area (Å²) in [6.07, 6.45) is 5.32. The second kappa shape index (κ2) is 6.40. The zero-order valence-corrected chi connectivity index (χ0v) is 14.8. The molecule has 1 aliphatic rings. The molecule has 1 aliphatic carbocycles. The van der Waals surface area contributed by atoms with Crippen LogP contribution < -0.4 is 5.32 Å². The van der Waals surface area contributed by atoms with Crippen LogP contribution in [0.1, 0.15) is 52.9 Å². The summed E-state index contributed by atoms with van der Waals surface area (Å²) >= 11 is 3.56. The molecule has 2 rings (SSSR count). The third-order valence-corrected chi connectivity index (χ3v) is 6.01. The molecule has 0 spiro atoms. The van der Waals surface area contributed by atoms with E-state index in [0.29, 0.717) is 5.41 Å². The van der Waals surface area contributed by atoms with Gasteiger partial charge in [0.05, 0.1) is 6.07 Å². The number of hydrogen-bond donors (Lipinski definition) is 1. The number of para-hydroxylation sites is 1. The number of rotatable bonds is 4. The lowest BCUT2D eigenvalue weighted by Gasteiger charge is -2.42. The van der Waals surface area contributed by atoms with E-state index < -0.39 is 5.54 Å². The Morgan fingerprint density at radius 1 is 1.33 bits per heavy atom. The van der Waals surface area contributed by atoms with Crippen molar-refractivity contribution in [3.63, 3.8) is 0 Å². The molecule has 1 aromatic carbocycles. The van der Waals surface area contributed by atoms with Crippen LogP contribution >= 0.6 is 15.9 Å². The van der Waals surface area contributed by atoms with Gasteiger partial charge in [0.25, 0.3) is 0 Å². The van der Waals surface area contributed by atoms with E-state index in [1.165, 1.54) is 6.42 Å².